The summed E-state index contributed by atoms with van der Waals surface area (Å²) in [5.74, 6) is -2.71. The number of likely N-dealkylation sites (N-methyl/N-ethyl adjacent to an activating group) is 1. The highest BCUT2D eigenvalue weighted by Crippen LogP contribution is 2.40. The number of alkyl halides is 2. The first-order valence-electron chi connectivity index (χ1n) is 7.39. The Morgan fingerprint density at radius 3 is 2.12 bits per heavy atom. The predicted octanol–water partition coefficient (Wildman–Crippen LogP) is 2.60. The summed E-state index contributed by atoms with van der Waals surface area (Å²) in [5, 5.41) is 0. The molecule has 2 aromatic carbocycles. The summed E-state index contributed by atoms with van der Waals surface area (Å²) in [6.07, 6.45) is 0. The standard InChI is InChI=1S/C17H13F4N3O2/c1-24-14(25)17(23-16(24)22,10-6-11(18)8-12(19)7-10)9-2-4-13(5-3-9)26-15(20)21/h2-8,15H,1H3,(H2,22,23). The summed E-state index contributed by atoms with van der Waals surface area (Å²) in [7, 11) is 1.37. The lowest BCUT2D eigenvalue weighted by Gasteiger charge is -2.26. The molecule has 0 aromatic heterocycles. The molecule has 0 fully saturated rings. The lowest BCUT2D eigenvalue weighted by molar-refractivity contribution is -0.129. The van der Waals surface area contributed by atoms with Crippen molar-refractivity contribution >= 4 is 11.9 Å². The largest absolute Gasteiger partial charge is 0.435 e. The average molecular weight is 367 g/mol. The van der Waals surface area contributed by atoms with Gasteiger partial charge in [-0.05, 0) is 35.4 Å². The van der Waals surface area contributed by atoms with Crippen LogP contribution in [0.15, 0.2) is 47.5 Å². The van der Waals surface area contributed by atoms with Crippen molar-refractivity contribution in [1.29, 1.82) is 0 Å². The highest BCUT2D eigenvalue weighted by atomic mass is 19.3. The number of hydrogen-bond acceptors (Lipinski definition) is 4. The molecule has 1 heterocycles. The number of guanidine groups is 1. The van der Waals surface area contributed by atoms with E-state index in [0.717, 1.165) is 17.0 Å². The number of amides is 1. The van der Waals surface area contributed by atoms with E-state index in [4.69, 9.17) is 5.73 Å². The molecular formula is C17H13F4N3O2. The number of halogens is 4. The topological polar surface area (TPSA) is 67.9 Å². The molecule has 0 saturated heterocycles. The van der Waals surface area contributed by atoms with Crippen LogP contribution in [0.4, 0.5) is 17.6 Å². The fourth-order valence-corrected chi connectivity index (χ4v) is 2.82. The Hall–Kier alpha value is -3.10. The summed E-state index contributed by atoms with van der Waals surface area (Å²) >= 11 is 0. The van der Waals surface area contributed by atoms with Gasteiger partial charge in [0.1, 0.15) is 17.4 Å². The van der Waals surface area contributed by atoms with Crippen molar-refractivity contribution in [2.45, 2.75) is 12.2 Å². The normalized spacial score (nSPS) is 19.8. The van der Waals surface area contributed by atoms with Gasteiger partial charge in [-0.3, -0.25) is 9.69 Å². The number of carbonyl (C=O) groups excluding carboxylic acids is 1. The summed E-state index contributed by atoms with van der Waals surface area (Å²) in [6, 6.07) is 7.64. The molecule has 136 valence electrons. The van der Waals surface area contributed by atoms with Gasteiger partial charge >= 0.3 is 6.61 Å². The Balaban J connectivity index is 2.18. The number of benzene rings is 2. The number of nitrogens with two attached hydrogens (primary N) is 1. The minimum atomic E-state index is -3.01. The second kappa shape index (κ2) is 6.32. The molecule has 0 aliphatic carbocycles. The number of nitrogens with zero attached hydrogens (tertiary/aromatic N) is 2. The first-order valence-corrected chi connectivity index (χ1v) is 7.39. The summed E-state index contributed by atoms with van der Waals surface area (Å²) < 4.78 is 56.4. The van der Waals surface area contributed by atoms with Crippen LogP contribution in [0, 0.1) is 11.6 Å². The molecule has 2 N–H and O–H groups in total. The molecule has 0 saturated carbocycles. The molecule has 2 aromatic rings. The van der Waals surface area contributed by atoms with Crippen molar-refractivity contribution in [3.63, 3.8) is 0 Å². The Labute approximate surface area is 145 Å². The van der Waals surface area contributed by atoms with Crippen molar-refractivity contribution < 1.29 is 27.1 Å². The van der Waals surface area contributed by atoms with E-state index in [1.54, 1.807) is 0 Å². The van der Waals surface area contributed by atoms with Crippen LogP contribution in [0.25, 0.3) is 0 Å². The van der Waals surface area contributed by atoms with E-state index in [0.29, 0.717) is 6.07 Å². The van der Waals surface area contributed by atoms with Crippen LogP contribution >= 0.6 is 0 Å². The fraction of sp³-hybridized carbons (Fsp3) is 0.176. The Morgan fingerprint density at radius 1 is 1.08 bits per heavy atom. The minimum absolute atomic E-state index is 0.0742. The molecule has 1 atom stereocenters. The summed E-state index contributed by atoms with van der Waals surface area (Å²) in [4.78, 5) is 18.1. The molecule has 1 aliphatic heterocycles. The third-order valence-corrected chi connectivity index (χ3v) is 4.02. The summed E-state index contributed by atoms with van der Waals surface area (Å²) in [5.41, 5.74) is 4.03. The molecule has 1 aliphatic rings. The SMILES string of the molecule is CN1C(=O)C(c2ccc(OC(F)F)cc2)(c2cc(F)cc(F)c2)N=C1N. The number of rotatable bonds is 4. The average Bonchev–Trinajstić information content (AvgIpc) is 2.79. The Morgan fingerprint density at radius 2 is 1.65 bits per heavy atom. The van der Waals surface area contributed by atoms with E-state index in [1.165, 1.54) is 31.3 Å². The molecule has 0 spiro atoms. The van der Waals surface area contributed by atoms with Crippen molar-refractivity contribution in [2.75, 3.05) is 7.05 Å². The zero-order valence-corrected chi connectivity index (χ0v) is 13.4. The molecule has 3 rings (SSSR count). The van der Waals surface area contributed by atoms with Crippen LogP contribution in [0.5, 0.6) is 5.75 Å². The van der Waals surface area contributed by atoms with Crippen LogP contribution in [-0.2, 0) is 10.3 Å². The molecule has 0 radical (unpaired) electrons. The number of ether oxygens (including phenoxy) is 1. The van der Waals surface area contributed by atoms with Crippen LogP contribution in [0.1, 0.15) is 11.1 Å². The maximum Gasteiger partial charge on any atom is 0.387 e. The van der Waals surface area contributed by atoms with Crippen molar-refractivity contribution in [1.82, 2.24) is 4.90 Å². The second-order valence-electron chi connectivity index (χ2n) is 5.61. The maximum absolute atomic E-state index is 13.7. The number of hydrogen-bond donors (Lipinski definition) is 1. The fourth-order valence-electron chi connectivity index (χ4n) is 2.82. The Kier molecular flexibility index (Phi) is 4.31. The van der Waals surface area contributed by atoms with E-state index < -0.39 is 29.7 Å². The van der Waals surface area contributed by atoms with Gasteiger partial charge in [0.25, 0.3) is 5.91 Å². The van der Waals surface area contributed by atoms with Gasteiger partial charge in [0.15, 0.2) is 11.5 Å². The lowest BCUT2D eigenvalue weighted by atomic mass is 9.82. The van der Waals surface area contributed by atoms with Gasteiger partial charge in [-0.25, -0.2) is 13.8 Å². The lowest BCUT2D eigenvalue weighted by Crippen LogP contribution is -2.41. The first-order chi connectivity index (χ1) is 12.2. The van der Waals surface area contributed by atoms with E-state index in [9.17, 15) is 22.4 Å². The molecule has 26 heavy (non-hydrogen) atoms. The van der Waals surface area contributed by atoms with Crippen LogP contribution in [0.3, 0.4) is 0 Å². The van der Waals surface area contributed by atoms with Crippen LogP contribution in [-0.4, -0.2) is 30.4 Å². The Bertz CT molecular complexity index is 866. The van der Waals surface area contributed by atoms with Gasteiger partial charge in [0.05, 0.1) is 0 Å². The molecule has 0 bridgehead atoms. The zero-order valence-electron chi connectivity index (χ0n) is 13.4. The van der Waals surface area contributed by atoms with Crippen molar-refractivity contribution in [2.24, 2.45) is 10.7 Å². The second-order valence-corrected chi connectivity index (χ2v) is 5.61. The number of carbonyl (C=O) groups is 1. The van der Waals surface area contributed by atoms with Gasteiger partial charge in [-0.2, -0.15) is 8.78 Å². The third kappa shape index (κ3) is 2.85. The van der Waals surface area contributed by atoms with E-state index in [2.05, 4.69) is 9.73 Å². The monoisotopic (exact) mass is 367 g/mol. The highest BCUT2D eigenvalue weighted by molar-refractivity contribution is 6.08. The molecule has 5 nitrogen and oxygen atoms in total. The van der Waals surface area contributed by atoms with Gasteiger partial charge in [0.2, 0.25) is 0 Å². The predicted molar refractivity (Wildman–Crippen MR) is 84.6 cm³/mol. The highest BCUT2D eigenvalue weighted by Gasteiger charge is 2.49. The van der Waals surface area contributed by atoms with Crippen molar-refractivity contribution in [3.8, 4) is 5.75 Å². The van der Waals surface area contributed by atoms with Gasteiger partial charge in [0, 0.05) is 13.1 Å². The van der Waals surface area contributed by atoms with Gasteiger partial charge in [-0.1, -0.05) is 12.1 Å². The van der Waals surface area contributed by atoms with Crippen LogP contribution in [0.2, 0.25) is 0 Å². The van der Waals surface area contributed by atoms with E-state index in [-0.39, 0.29) is 22.8 Å². The maximum atomic E-state index is 13.7. The smallest absolute Gasteiger partial charge is 0.387 e. The van der Waals surface area contributed by atoms with E-state index >= 15 is 0 Å². The van der Waals surface area contributed by atoms with E-state index in [1.807, 2.05) is 0 Å². The van der Waals surface area contributed by atoms with Gasteiger partial charge in [-0.15, -0.1) is 0 Å². The van der Waals surface area contributed by atoms with Crippen LogP contribution < -0.4 is 10.5 Å². The third-order valence-electron chi connectivity index (χ3n) is 4.02. The van der Waals surface area contributed by atoms with Crippen molar-refractivity contribution in [3.05, 3.63) is 65.2 Å². The quantitative estimate of drug-likeness (QED) is 0.845. The first kappa shape index (κ1) is 17.7. The molecule has 1 unspecified atom stereocenters. The zero-order chi connectivity index (χ0) is 19.1. The number of aliphatic imine (C=N–C) groups is 1. The minimum Gasteiger partial charge on any atom is -0.435 e. The molecular weight excluding hydrogens is 354 g/mol. The summed E-state index contributed by atoms with van der Waals surface area (Å²) in [6.45, 7) is -3.01. The molecule has 9 heteroatoms. The molecule has 1 amide bonds. The van der Waals surface area contributed by atoms with Gasteiger partial charge < -0.3 is 10.5 Å².